The second-order valence-corrected chi connectivity index (χ2v) is 8.10. The Hall–Kier alpha value is -1.84. The van der Waals surface area contributed by atoms with Gasteiger partial charge in [0.2, 0.25) is 5.91 Å². The molecule has 150 valence electrons. The van der Waals surface area contributed by atoms with Crippen molar-refractivity contribution < 1.29 is 19.4 Å². The molecule has 2 rings (SSSR count). The highest BCUT2D eigenvalue weighted by atomic mass is 32.2. The smallest absolute Gasteiger partial charge is 0.475 e. The Bertz CT molecular complexity index is 731. The minimum atomic E-state index is -1.66. The van der Waals surface area contributed by atoms with Crippen LogP contribution in [0, 0.1) is 6.92 Å². The molecule has 0 aliphatic carbocycles. The van der Waals surface area contributed by atoms with Gasteiger partial charge in [-0.3, -0.25) is 4.79 Å². The van der Waals surface area contributed by atoms with Crippen molar-refractivity contribution in [2.24, 2.45) is 0 Å². The zero-order chi connectivity index (χ0) is 20.5. The highest BCUT2D eigenvalue weighted by Gasteiger charge is 2.27. The van der Waals surface area contributed by atoms with E-state index in [1.165, 1.54) is 0 Å². The van der Waals surface area contributed by atoms with Crippen LogP contribution in [0.5, 0.6) is 0 Å². The van der Waals surface area contributed by atoms with Crippen molar-refractivity contribution in [3.05, 3.63) is 65.7 Å². The number of nitrogens with zero attached hydrogens (tertiary/aromatic N) is 1. The fourth-order valence-corrected chi connectivity index (χ4v) is 3.94. The standard InChI is InChI=1S/C20H27BN2O4S/c1-3-23(28(27)18-7-5-4-6-8-18)14-13-20(24)22-19(21(25)26)15-17-11-9-16(2)10-12-17/h4-12,19,25-26H,3,13-15H2,1-2H3,(H,22,24). The molecule has 0 bridgehead atoms. The minimum Gasteiger partial charge on any atom is -0.593 e. The Morgan fingerprint density at radius 3 is 2.39 bits per heavy atom. The van der Waals surface area contributed by atoms with Crippen LogP contribution in [0.15, 0.2) is 59.5 Å². The van der Waals surface area contributed by atoms with Crippen LogP contribution in [0.3, 0.4) is 0 Å². The van der Waals surface area contributed by atoms with E-state index in [1.807, 2.05) is 56.3 Å². The van der Waals surface area contributed by atoms with E-state index in [0.717, 1.165) is 11.1 Å². The van der Waals surface area contributed by atoms with E-state index in [9.17, 15) is 19.4 Å². The summed E-state index contributed by atoms with van der Waals surface area (Å²) in [7, 11) is -1.66. The summed E-state index contributed by atoms with van der Waals surface area (Å²) in [6.07, 6.45) is 0.431. The molecule has 6 nitrogen and oxygen atoms in total. The molecule has 2 atom stereocenters. The maximum atomic E-state index is 12.6. The summed E-state index contributed by atoms with van der Waals surface area (Å²) in [6.45, 7) is 4.70. The SMILES string of the molecule is CCN(CCC(=O)NC(Cc1ccc(C)cc1)B(O)O)[S+]([O-])c1ccccc1. The Morgan fingerprint density at radius 1 is 1.18 bits per heavy atom. The van der Waals surface area contributed by atoms with Crippen molar-refractivity contribution in [1.29, 1.82) is 0 Å². The number of carbonyl (C=O) groups is 1. The lowest BCUT2D eigenvalue weighted by Crippen LogP contribution is -2.48. The van der Waals surface area contributed by atoms with Gasteiger partial charge in [-0.15, -0.1) is 4.31 Å². The second kappa shape index (κ2) is 11.2. The number of hydrogen-bond acceptors (Lipinski definition) is 5. The first-order valence-corrected chi connectivity index (χ1v) is 10.4. The molecule has 2 aromatic carbocycles. The average molecular weight is 402 g/mol. The predicted molar refractivity (Wildman–Crippen MR) is 112 cm³/mol. The van der Waals surface area contributed by atoms with Crippen molar-refractivity contribution in [3.63, 3.8) is 0 Å². The fraction of sp³-hybridized carbons (Fsp3) is 0.350. The number of nitrogens with one attached hydrogen (secondary N) is 1. The van der Waals surface area contributed by atoms with Gasteiger partial charge in [-0.05, 0) is 38.0 Å². The van der Waals surface area contributed by atoms with Crippen LogP contribution in [-0.2, 0) is 22.6 Å². The van der Waals surface area contributed by atoms with Gasteiger partial charge in [-0.1, -0.05) is 48.0 Å². The zero-order valence-corrected chi connectivity index (χ0v) is 17.1. The molecule has 0 aromatic heterocycles. The van der Waals surface area contributed by atoms with Crippen LogP contribution >= 0.6 is 0 Å². The molecule has 0 aliphatic rings. The zero-order valence-electron chi connectivity index (χ0n) is 16.2. The van der Waals surface area contributed by atoms with E-state index < -0.39 is 24.4 Å². The van der Waals surface area contributed by atoms with Crippen molar-refractivity contribution >= 4 is 24.4 Å². The average Bonchev–Trinajstić information content (AvgIpc) is 2.70. The second-order valence-electron chi connectivity index (χ2n) is 6.61. The molecule has 0 radical (unpaired) electrons. The van der Waals surface area contributed by atoms with Gasteiger partial charge in [0.05, 0.1) is 23.8 Å². The summed E-state index contributed by atoms with van der Waals surface area (Å²) in [5, 5.41) is 21.9. The summed E-state index contributed by atoms with van der Waals surface area (Å²) in [6, 6.07) is 16.8. The molecule has 0 fully saturated rings. The lowest BCUT2D eigenvalue weighted by molar-refractivity contribution is -0.121. The normalized spacial score (nSPS) is 13.2. The van der Waals surface area contributed by atoms with Crippen molar-refractivity contribution in [1.82, 2.24) is 9.62 Å². The molecule has 28 heavy (non-hydrogen) atoms. The van der Waals surface area contributed by atoms with Gasteiger partial charge in [0, 0.05) is 13.0 Å². The number of amides is 1. The van der Waals surface area contributed by atoms with Crippen LogP contribution in [0.25, 0.3) is 0 Å². The molecule has 8 heteroatoms. The predicted octanol–water partition coefficient (Wildman–Crippen LogP) is 1.47. The molecular formula is C20H27BN2O4S. The van der Waals surface area contributed by atoms with Crippen molar-refractivity contribution in [2.75, 3.05) is 13.1 Å². The van der Waals surface area contributed by atoms with Crippen LogP contribution in [0.1, 0.15) is 24.5 Å². The minimum absolute atomic E-state index is 0.115. The maximum Gasteiger partial charge on any atom is 0.475 e. The highest BCUT2D eigenvalue weighted by Crippen LogP contribution is 2.15. The number of carbonyl (C=O) groups excluding carboxylic acids is 1. The number of benzene rings is 2. The first-order valence-electron chi connectivity index (χ1n) is 9.33. The summed E-state index contributed by atoms with van der Waals surface area (Å²) in [5.41, 5.74) is 2.02. The molecule has 3 N–H and O–H groups in total. The van der Waals surface area contributed by atoms with Gasteiger partial charge in [0.1, 0.15) is 0 Å². The number of hydrogen-bond donors (Lipinski definition) is 3. The van der Waals surface area contributed by atoms with Crippen LogP contribution in [0.2, 0.25) is 0 Å². The lowest BCUT2D eigenvalue weighted by Gasteiger charge is -2.23. The highest BCUT2D eigenvalue weighted by molar-refractivity contribution is 7.89. The summed E-state index contributed by atoms with van der Waals surface area (Å²) < 4.78 is 14.3. The molecular weight excluding hydrogens is 375 g/mol. The van der Waals surface area contributed by atoms with E-state index in [-0.39, 0.29) is 12.3 Å². The van der Waals surface area contributed by atoms with Gasteiger partial charge in [0.25, 0.3) is 0 Å². The lowest BCUT2D eigenvalue weighted by atomic mass is 9.76. The third kappa shape index (κ3) is 6.96. The Labute approximate surface area is 170 Å². The van der Waals surface area contributed by atoms with Crippen LogP contribution < -0.4 is 5.32 Å². The Kier molecular flexibility index (Phi) is 9.01. The molecule has 0 saturated carbocycles. The van der Waals surface area contributed by atoms with Gasteiger partial charge in [0.15, 0.2) is 4.90 Å². The quantitative estimate of drug-likeness (QED) is 0.413. The summed E-state index contributed by atoms with van der Waals surface area (Å²) in [4.78, 5) is 13.0. The van der Waals surface area contributed by atoms with Gasteiger partial charge in [-0.25, -0.2) is 0 Å². The van der Waals surface area contributed by atoms with Crippen molar-refractivity contribution in [2.45, 2.75) is 37.5 Å². The van der Waals surface area contributed by atoms with E-state index in [0.29, 0.717) is 24.4 Å². The van der Waals surface area contributed by atoms with Crippen LogP contribution in [0.4, 0.5) is 0 Å². The molecule has 2 unspecified atom stereocenters. The number of aryl methyl sites for hydroxylation is 1. The Balaban J connectivity index is 1.89. The molecule has 0 heterocycles. The summed E-state index contributed by atoms with van der Waals surface area (Å²) in [5.74, 6) is -1.11. The number of rotatable bonds is 10. The third-order valence-corrected chi connectivity index (χ3v) is 5.99. The molecule has 1 amide bonds. The van der Waals surface area contributed by atoms with E-state index >= 15 is 0 Å². The molecule has 0 saturated heterocycles. The summed E-state index contributed by atoms with van der Waals surface area (Å²) >= 11 is -1.34. The van der Waals surface area contributed by atoms with E-state index in [2.05, 4.69) is 5.32 Å². The first-order chi connectivity index (χ1) is 13.4. The van der Waals surface area contributed by atoms with E-state index in [4.69, 9.17) is 0 Å². The Morgan fingerprint density at radius 2 is 1.82 bits per heavy atom. The topological polar surface area (TPSA) is 95.9 Å². The monoisotopic (exact) mass is 402 g/mol. The van der Waals surface area contributed by atoms with Gasteiger partial charge >= 0.3 is 7.12 Å². The van der Waals surface area contributed by atoms with Crippen LogP contribution in [-0.4, -0.2) is 51.0 Å². The largest absolute Gasteiger partial charge is 0.593 e. The van der Waals surface area contributed by atoms with Gasteiger partial charge in [-0.2, -0.15) is 0 Å². The fourth-order valence-electron chi connectivity index (χ4n) is 2.76. The van der Waals surface area contributed by atoms with Gasteiger partial charge < -0.3 is 19.9 Å². The molecule has 2 aromatic rings. The third-order valence-electron chi connectivity index (χ3n) is 4.40. The molecule has 0 aliphatic heterocycles. The molecule has 0 spiro atoms. The van der Waals surface area contributed by atoms with E-state index in [1.54, 1.807) is 16.4 Å². The first kappa shape index (κ1) is 22.5. The van der Waals surface area contributed by atoms with Crippen molar-refractivity contribution in [3.8, 4) is 0 Å². The maximum absolute atomic E-state index is 12.6.